The highest BCUT2D eigenvalue weighted by molar-refractivity contribution is 7.90. The lowest BCUT2D eigenvalue weighted by Crippen LogP contribution is -2.11. The van der Waals surface area contributed by atoms with Crippen molar-refractivity contribution in [3.63, 3.8) is 0 Å². The predicted molar refractivity (Wildman–Crippen MR) is 111 cm³/mol. The number of carbonyl (C=O) groups excluding carboxylic acids is 1. The number of rotatable bonds is 5. The van der Waals surface area contributed by atoms with Crippen molar-refractivity contribution in [1.82, 2.24) is 9.55 Å². The van der Waals surface area contributed by atoms with Crippen LogP contribution in [0, 0.1) is 5.82 Å². The zero-order chi connectivity index (χ0) is 20.6. The molecule has 0 fully saturated rings. The molecule has 2 aromatic carbocycles. The first-order valence-corrected chi connectivity index (χ1v) is 11.4. The molecule has 0 bridgehead atoms. The number of amides is 1. The SMILES string of the molecule is CS(=O)(=O)c1ccc(Cn2cc(C(=O)Nc3nccs3)c3ccc(F)cc32)cc1. The normalized spacial score (nSPS) is 11.7. The molecule has 0 aliphatic rings. The third-order valence-corrected chi connectivity index (χ3v) is 6.26. The number of benzene rings is 2. The van der Waals surface area contributed by atoms with E-state index in [1.54, 1.807) is 40.5 Å². The van der Waals surface area contributed by atoms with Crippen molar-refractivity contribution in [2.24, 2.45) is 0 Å². The first kappa shape index (κ1) is 19.3. The molecular weight excluding hydrogens is 413 g/mol. The Hall–Kier alpha value is -3.04. The summed E-state index contributed by atoms with van der Waals surface area (Å²) in [5.41, 5.74) is 1.80. The Bertz CT molecular complexity index is 1300. The van der Waals surface area contributed by atoms with Crippen molar-refractivity contribution in [3.8, 4) is 0 Å². The Morgan fingerprint density at radius 3 is 2.62 bits per heavy atom. The monoisotopic (exact) mass is 429 g/mol. The first-order chi connectivity index (χ1) is 13.8. The first-order valence-electron chi connectivity index (χ1n) is 8.59. The second kappa shape index (κ2) is 7.41. The molecule has 4 aromatic rings. The molecule has 0 unspecified atom stereocenters. The van der Waals surface area contributed by atoms with Crippen LogP contribution in [0.1, 0.15) is 15.9 Å². The van der Waals surface area contributed by atoms with E-state index in [1.807, 2.05) is 0 Å². The molecule has 0 saturated carbocycles. The molecule has 6 nitrogen and oxygen atoms in total. The van der Waals surface area contributed by atoms with Crippen LogP contribution in [-0.4, -0.2) is 30.1 Å². The number of thiazole rings is 1. The van der Waals surface area contributed by atoms with Crippen molar-refractivity contribution >= 4 is 43.1 Å². The van der Waals surface area contributed by atoms with E-state index < -0.39 is 15.7 Å². The van der Waals surface area contributed by atoms with Gasteiger partial charge in [0.05, 0.1) is 16.0 Å². The van der Waals surface area contributed by atoms with Gasteiger partial charge in [0.15, 0.2) is 15.0 Å². The number of nitrogens with one attached hydrogen (secondary N) is 1. The Balaban J connectivity index is 1.70. The highest BCUT2D eigenvalue weighted by Crippen LogP contribution is 2.25. The summed E-state index contributed by atoms with van der Waals surface area (Å²) in [6.45, 7) is 0.356. The fourth-order valence-electron chi connectivity index (χ4n) is 3.07. The van der Waals surface area contributed by atoms with E-state index in [1.165, 1.54) is 35.6 Å². The van der Waals surface area contributed by atoms with E-state index in [0.29, 0.717) is 28.1 Å². The fourth-order valence-corrected chi connectivity index (χ4v) is 4.22. The molecule has 0 atom stereocenters. The second-order valence-electron chi connectivity index (χ2n) is 6.54. The third-order valence-electron chi connectivity index (χ3n) is 4.45. The number of anilines is 1. The molecule has 0 aliphatic carbocycles. The molecule has 1 amide bonds. The van der Waals surface area contributed by atoms with Gasteiger partial charge in [0.1, 0.15) is 5.82 Å². The minimum Gasteiger partial charge on any atom is -0.342 e. The van der Waals surface area contributed by atoms with Crippen LogP contribution in [0.5, 0.6) is 0 Å². The molecule has 4 rings (SSSR count). The molecule has 0 spiro atoms. The average Bonchev–Trinajstić information content (AvgIpc) is 3.29. The van der Waals surface area contributed by atoms with Gasteiger partial charge >= 0.3 is 0 Å². The van der Waals surface area contributed by atoms with Gasteiger partial charge in [-0.1, -0.05) is 12.1 Å². The molecule has 0 aliphatic heterocycles. The number of halogens is 1. The van der Waals surface area contributed by atoms with Crippen LogP contribution >= 0.6 is 11.3 Å². The van der Waals surface area contributed by atoms with Crippen LogP contribution in [-0.2, 0) is 16.4 Å². The number of nitrogens with zero attached hydrogens (tertiary/aromatic N) is 2. The number of sulfone groups is 1. The standard InChI is InChI=1S/C20H16FN3O3S2/c1-29(26,27)15-5-2-13(3-6-15)11-24-12-17(16-7-4-14(21)10-18(16)24)19(25)23-20-22-8-9-28-20/h2-10,12H,11H2,1H3,(H,22,23,25). The van der Waals surface area contributed by atoms with Gasteiger partial charge in [-0.3, -0.25) is 10.1 Å². The number of carbonyl (C=O) groups is 1. The van der Waals surface area contributed by atoms with Crippen molar-refractivity contribution in [1.29, 1.82) is 0 Å². The fraction of sp³-hybridized carbons (Fsp3) is 0.100. The van der Waals surface area contributed by atoms with E-state index >= 15 is 0 Å². The summed E-state index contributed by atoms with van der Waals surface area (Å²) in [6, 6.07) is 10.7. The van der Waals surface area contributed by atoms with E-state index in [4.69, 9.17) is 0 Å². The van der Waals surface area contributed by atoms with Crippen LogP contribution in [0.2, 0.25) is 0 Å². The molecule has 0 radical (unpaired) electrons. The van der Waals surface area contributed by atoms with E-state index in [2.05, 4.69) is 10.3 Å². The summed E-state index contributed by atoms with van der Waals surface area (Å²) >= 11 is 1.31. The van der Waals surface area contributed by atoms with E-state index in [-0.39, 0.29) is 10.8 Å². The number of hydrogen-bond acceptors (Lipinski definition) is 5. The van der Waals surface area contributed by atoms with Crippen molar-refractivity contribution in [3.05, 3.63) is 77.2 Å². The maximum atomic E-state index is 13.9. The lowest BCUT2D eigenvalue weighted by atomic mass is 10.1. The number of aromatic nitrogens is 2. The Kier molecular flexibility index (Phi) is 4.93. The second-order valence-corrected chi connectivity index (χ2v) is 9.45. The van der Waals surface area contributed by atoms with Gasteiger partial charge in [0.25, 0.3) is 5.91 Å². The molecule has 148 valence electrons. The Morgan fingerprint density at radius 2 is 1.97 bits per heavy atom. The van der Waals surface area contributed by atoms with Crippen molar-refractivity contribution in [2.45, 2.75) is 11.4 Å². The third kappa shape index (κ3) is 4.06. The molecule has 0 saturated heterocycles. The van der Waals surface area contributed by atoms with Gasteiger partial charge in [-0.25, -0.2) is 17.8 Å². The molecule has 1 N–H and O–H groups in total. The van der Waals surface area contributed by atoms with Gasteiger partial charge in [-0.2, -0.15) is 0 Å². The molecule has 2 heterocycles. The largest absolute Gasteiger partial charge is 0.342 e. The van der Waals surface area contributed by atoms with Gasteiger partial charge in [0.2, 0.25) is 0 Å². The molecular formula is C20H16FN3O3S2. The maximum Gasteiger partial charge on any atom is 0.259 e. The van der Waals surface area contributed by atoms with E-state index in [0.717, 1.165) is 11.8 Å². The summed E-state index contributed by atoms with van der Waals surface area (Å²) in [7, 11) is -3.28. The highest BCUT2D eigenvalue weighted by atomic mass is 32.2. The van der Waals surface area contributed by atoms with Crippen molar-refractivity contribution < 1.29 is 17.6 Å². The zero-order valence-corrected chi connectivity index (χ0v) is 16.9. The Morgan fingerprint density at radius 1 is 1.21 bits per heavy atom. The maximum absolute atomic E-state index is 13.9. The quantitative estimate of drug-likeness (QED) is 0.521. The predicted octanol–water partition coefficient (Wildman–Crippen LogP) is 3.94. The smallest absolute Gasteiger partial charge is 0.259 e. The van der Waals surface area contributed by atoms with Crippen LogP contribution in [0.15, 0.2) is 65.1 Å². The lowest BCUT2D eigenvalue weighted by molar-refractivity contribution is 0.102. The number of fused-ring (bicyclic) bond motifs is 1. The van der Waals surface area contributed by atoms with Crippen LogP contribution < -0.4 is 5.32 Å². The summed E-state index contributed by atoms with van der Waals surface area (Å²) < 4.78 is 38.9. The average molecular weight is 429 g/mol. The van der Waals surface area contributed by atoms with Crippen LogP contribution in [0.25, 0.3) is 10.9 Å². The number of hydrogen-bond donors (Lipinski definition) is 1. The molecule has 29 heavy (non-hydrogen) atoms. The van der Waals surface area contributed by atoms with Crippen molar-refractivity contribution in [2.75, 3.05) is 11.6 Å². The van der Waals surface area contributed by atoms with E-state index in [9.17, 15) is 17.6 Å². The zero-order valence-electron chi connectivity index (χ0n) is 15.3. The summed E-state index contributed by atoms with van der Waals surface area (Å²) in [5.74, 6) is -0.737. The van der Waals surface area contributed by atoms with Gasteiger partial charge in [0, 0.05) is 36.0 Å². The van der Waals surface area contributed by atoms with Crippen LogP contribution in [0.3, 0.4) is 0 Å². The Labute approximate surface area is 170 Å². The van der Waals surface area contributed by atoms with Crippen LogP contribution in [0.4, 0.5) is 9.52 Å². The molecule has 9 heteroatoms. The van der Waals surface area contributed by atoms with Gasteiger partial charge in [-0.05, 0) is 35.9 Å². The lowest BCUT2D eigenvalue weighted by Gasteiger charge is -2.07. The molecule has 2 aromatic heterocycles. The topological polar surface area (TPSA) is 81.1 Å². The summed E-state index contributed by atoms with van der Waals surface area (Å²) in [4.78, 5) is 17.0. The summed E-state index contributed by atoms with van der Waals surface area (Å²) in [6.07, 6.45) is 4.41. The summed E-state index contributed by atoms with van der Waals surface area (Å²) in [5, 5.41) is 5.60. The minimum atomic E-state index is -3.28. The van der Waals surface area contributed by atoms with Gasteiger partial charge in [-0.15, -0.1) is 11.3 Å². The minimum absolute atomic E-state index is 0.230. The van der Waals surface area contributed by atoms with Gasteiger partial charge < -0.3 is 4.57 Å². The highest BCUT2D eigenvalue weighted by Gasteiger charge is 2.17.